The normalized spacial score (nSPS) is 25.9. The van der Waals surface area contributed by atoms with E-state index in [9.17, 15) is 0 Å². The molecule has 1 saturated heterocycles. The Hall–Kier alpha value is -0.0400. The molecule has 1 fully saturated rings. The minimum absolute atomic E-state index is 0.818. The van der Waals surface area contributed by atoms with E-state index in [0.29, 0.717) is 0 Å². The number of rotatable bonds is 3. The van der Waals surface area contributed by atoms with Crippen LogP contribution in [0.3, 0.4) is 0 Å². The van der Waals surface area contributed by atoms with E-state index < -0.39 is 0 Å². The lowest BCUT2D eigenvalue weighted by atomic mass is 9.97. The lowest BCUT2D eigenvalue weighted by Gasteiger charge is -2.23. The Morgan fingerprint density at radius 2 is 2.18 bits per heavy atom. The second-order valence-electron chi connectivity index (χ2n) is 3.89. The first-order valence-electron chi connectivity index (χ1n) is 4.81. The van der Waals surface area contributed by atoms with Gasteiger partial charge in [0.15, 0.2) is 0 Å². The highest BCUT2D eigenvalue weighted by Crippen LogP contribution is 2.15. The van der Waals surface area contributed by atoms with Crippen LogP contribution < -0.4 is 5.32 Å². The van der Waals surface area contributed by atoms with Crippen molar-refractivity contribution in [3.8, 4) is 0 Å². The van der Waals surface area contributed by atoms with Gasteiger partial charge in [-0.1, -0.05) is 20.3 Å². The minimum atomic E-state index is 0.818. The third-order valence-electron chi connectivity index (χ3n) is 2.41. The average molecular weight is 154 g/mol. The van der Waals surface area contributed by atoms with Crippen molar-refractivity contribution in [3.05, 3.63) is 5.92 Å². The van der Waals surface area contributed by atoms with E-state index in [4.69, 9.17) is 0 Å². The molecule has 1 radical (unpaired) electrons. The van der Waals surface area contributed by atoms with Crippen molar-refractivity contribution in [2.24, 2.45) is 0 Å². The van der Waals surface area contributed by atoms with Crippen LogP contribution in [0.25, 0.3) is 0 Å². The van der Waals surface area contributed by atoms with Gasteiger partial charge in [0.2, 0.25) is 0 Å². The molecule has 1 nitrogen and oxygen atoms in total. The molecule has 1 heterocycles. The van der Waals surface area contributed by atoms with E-state index in [1.807, 2.05) is 0 Å². The molecule has 0 unspecified atom stereocenters. The first kappa shape index (κ1) is 9.05. The summed E-state index contributed by atoms with van der Waals surface area (Å²) in [6.45, 7) is 5.69. The molecule has 1 N–H and O–H groups in total. The van der Waals surface area contributed by atoms with Gasteiger partial charge in [0, 0.05) is 6.04 Å². The fraction of sp³-hybridized carbons (Fsp3) is 0.900. The molecular weight excluding hydrogens is 134 g/mol. The summed E-state index contributed by atoms with van der Waals surface area (Å²) in [5.74, 6) is 1.57. The van der Waals surface area contributed by atoms with Crippen molar-refractivity contribution in [1.82, 2.24) is 5.32 Å². The average Bonchev–Trinajstić information content (AvgIpc) is 2.03. The van der Waals surface area contributed by atoms with Crippen LogP contribution in [0.5, 0.6) is 0 Å². The second-order valence-corrected chi connectivity index (χ2v) is 3.89. The lowest BCUT2D eigenvalue weighted by Crippen LogP contribution is -2.33. The maximum absolute atomic E-state index is 3.56. The molecule has 0 aromatic rings. The predicted octanol–water partition coefficient (Wildman–Crippen LogP) is 2.52. The Kier molecular flexibility index (Phi) is 3.92. The van der Waals surface area contributed by atoms with Crippen LogP contribution in [0.4, 0.5) is 0 Å². The first-order valence-corrected chi connectivity index (χ1v) is 4.81. The van der Waals surface area contributed by atoms with Crippen molar-refractivity contribution in [1.29, 1.82) is 0 Å². The number of piperidine rings is 1. The summed E-state index contributed by atoms with van der Waals surface area (Å²) in [5.41, 5.74) is 0. The molecule has 1 heteroatoms. The molecule has 0 aliphatic carbocycles. The van der Waals surface area contributed by atoms with Crippen molar-refractivity contribution in [2.75, 3.05) is 6.54 Å². The van der Waals surface area contributed by atoms with Gasteiger partial charge in [-0.2, -0.15) is 0 Å². The monoisotopic (exact) mass is 154 g/mol. The van der Waals surface area contributed by atoms with E-state index in [0.717, 1.165) is 6.04 Å². The summed E-state index contributed by atoms with van der Waals surface area (Å²) in [4.78, 5) is 0. The maximum Gasteiger partial charge on any atom is 0.00672 e. The molecule has 11 heavy (non-hydrogen) atoms. The molecule has 1 aliphatic heterocycles. The Balaban J connectivity index is 2.05. The number of hydrogen-bond acceptors (Lipinski definition) is 1. The van der Waals surface area contributed by atoms with E-state index in [1.165, 1.54) is 38.6 Å². The lowest BCUT2D eigenvalue weighted by molar-refractivity contribution is 0.378. The molecule has 1 atom stereocenters. The fourth-order valence-electron chi connectivity index (χ4n) is 1.63. The summed E-state index contributed by atoms with van der Waals surface area (Å²) in [7, 11) is 0. The Bertz CT molecular complexity index is 93.0. The molecule has 1 rings (SSSR count). The molecule has 0 bridgehead atoms. The molecule has 0 saturated carbocycles. The Morgan fingerprint density at radius 1 is 1.36 bits per heavy atom. The molecule has 65 valence electrons. The van der Waals surface area contributed by atoms with Gasteiger partial charge in [-0.3, -0.25) is 0 Å². The summed E-state index contributed by atoms with van der Waals surface area (Å²) in [6, 6.07) is 0.818. The maximum atomic E-state index is 3.56. The van der Waals surface area contributed by atoms with Crippen LogP contribution in [0, 0.1) is 5.92 Å². The van der Waals surface area contributed by atoms with E-state index >= 15 is 0 Å². The van der Waals surface area contributed by atoms with Crippen LogP contribution in [0.1, 0.15) is 46.0 Å². The second kappa shape index (κ2) is 4.76. The van der Waals surface area contributed by atoms with Crippen LogP contribution in [0.15, 0.2) is 0 Å². The summed E-state index contributed by atoms with van der Waals surface area (Å²) in [5, 5.41) is 3.56. The van der Waals surface area contributed by atoms with E-state index in [2.05, 4.69) is 19.2 Å². The van der Waals surface area contributed by atoms with Gasteiger partial charge >= 0.3 is 0 Å². The van der Waals surface area contributed by atoms with Crippen LogP contribution in [-0.2, 0) is 0 Å². The smallest absolute Gasteiger partial charge is 0.00672 e. The zero-order valence-corrected chi connectivity index (χ0v) is 7.82. The zero-order valence-electron chi connectivity index (χ0n) is 7.82. The number of nitrogens with one attached hydrogen (secondary N) is 1. The van der Waals surface area contributed by atoms with Gasteiger partial charge in [0.1, 0.15) is 0 Å². The van der Waals surface area contributed by atoms with Crippen LogP contribution in [0.2, 0.25) is 0 Å². The Morgan fingerprint density at radius 3 is 2.73 bits per heavy atom. The van der Waals surface area contributed by atoms with Gasteiger partial charge in [-0.15, -0.1) is 0 Å². The van der Waals surface area contributed by atoms with E-state index in [1.54, 1.807) is 5.92 Å². The van der Waals surface area contributed by atoms with Gasteiger partial charge in [-0.25, -0.2) is 0 Å². The quantitative estimate of drug-likeness (QED) is 0.658. The van der Waals surface area contributed by atoms with Crippen molar-refractivity contribution >= 4 is 0 Å². The Labute approximate surface area is 70.6 Å². The van der Waals surface area contributed by atoms with E-state index in [-0.39, 0.29) is 0 Å². The topological polar surface area (TPSA) is 12.0 Å². The molecule has 0 aromatic carbocycles. The fourth-order valence-corrected chi connectivity index (χ4v) is 1.63. The molecule has 1 aliphatic rings. The molecule has 0 spiro atoms. The van der Waals surface area contributed by atoms with Crippen molar-refractivity contribution in [3.63, 3.8) is 0 Å². The molecule has 0 aromatic heterocycles. The van der Waals surface area contributed by atoms with Crippen molar-refractivity contribution < 1.29 is 0 Å². The standard InChI is InChI=1S/C10H20N/c1-9(2)6-7-10-5-3-4-8-11-10/h10-11H,3-8H2,1-2H3/t10-/m0/s1. The molecular formula is C10H20N. The van der Waals surface area contributed by atoms with Crippen LogP contribution >= 0.6 is 0 Å². The highest BCUT2D eigenvalue weighted by atomic mass is 14.9. The SMILES string of the molecule is C[C](C)CC[C@@H]1CCCCN1. The zero-order chi connectivity index (χ0) is 8.10. The summed E-state index contributed by atoms with van der Waals surface area (Å²) >= 11 is 0. The summed E-state index contributed by atoms with van der Waals surface area (Å²) < 4.78 is 0. The van der Waals surface area contributed by atoms with Gasteiger partial charge in [0.25, 0.3) is 0 Å². The highest BCUT2D eigenvalue weighted by Gasteiger charge is 2.11. The minimum Gasteiger partial charge on any atom is -0.314 e. The molecule has 0 amide bonds. The largest absolute Gasteiger partial charge is 0.314 e. The van der Waals surface area contributed by atoms with Gasteiger partial charge in [0.05, 0.1) is 0 Å². The first-order chi connectivity index (χ1) is 5.29. The van der Waals surface area contributed by atoms with Gasteiger partial charge in [-0.05, 0) is 38.1 Å². The van der Waals surface area contributed by atoms with Crippen molar-refractivity contribution in [2.45, 2.75) is 52.0 Å². The van der Waals surface area contributed by atoms with Gasteiger partial charge < -0.3 is 5.32 Å². The highest BCUT2D eigenvalue weighted by molar-refractivity contribution is 4.81. The third-order valence-corrected chi connectivity index (χ3v) is 2.41. The third kappa shape index (κ3) is 3.76. The van der Waals surface area contributed by atoms with Crippen LogP contribution in [-0.4, -0.2) is 12.6 Å². The predicted molar refractivity (Wildman–Crippen MR) is 49.5 cm³/mol. The summed E-state index contributed by atoms with van der Waals surface area (Å²) in [6.07, 6.45) is 6.86. The number of hydrogen-bond donors (Lipinski definition) is 1.